The van der Waals surface area contributed by atoms with Crippen molar-refractivity contribution in [2.24, 2.45) is 5.92 Å². The van der Waals surface area contributed by atoms with E-state index in [4.69, 9.17) is 4.84 Å². The first-order valence-corrected chi connectivity index (χ1v) is 28.0. The molecule has 4 amide bonds. The first-order chi connectivity index (χ1) is 31.3. The molecule has 3 saturated heterocycles. The van der Waals surface area contributed by atoms with Crippen molar-refractivity contribution >= 4 is 23.6 Å². The van der Waals surface area contributed by atoms with Gasteiger partial charge in [-0.15, -0.1) is 0 Å². The molecule has 0 aromatic heterocycles. The van der Waals surface area contributed by atoms with E-state index in [1.807, 2.05) is 0 Å². The summed E-state index contributed by atoms with van der Waals surface area (Å²) >= 11 is 0. The van der Waals surface area contributed by atoms with Crippen LogP contribution in [-0.4, -0.2) is 81.0 Å². The van der Waals surface area contributed by atoms with Gasteiger partial charge >= 0.3 is 11.8 Å². The van der Waals surface area contributed by atoms with Crippen LogP contribution < -0.4 is 16.0 Å². The molecule has 0 bridgehead atoms. The Morgan fingerprint density at radius 1 is 0.561 bits per heavy atom. The molecule has 0 aromatic carbocycles. The minimum absolute atomic E-state index is 0.0407. The molecule has 10 heteroatoms. The number of likely N-dealkylation sites (tertiary alicyclic amines) is 1. The molecule has 3 N–H and O–H groups in total. The van der Waals surface area contributed by atoms with Gasteiger partial charge in [-0.05, 0) is 100 Å². The largest absolute Gasteiger partial charge is 0.348 e. The first kappa shape index (κ1) is 60.1. The predicted molar refractivity (Wildman–Crippen MR) is 276 cm³/mol. The first-order valence-electron chi connectivity index (χ1n) is 28.0. The van der Waals surface area contributed by atoms with Crippen LogP contribution in [0.5, 0.6) is 0 Å². The fraction of sp³-hybridized carbons (Fsp3) is 0.929. The maximum atomic E-state index is 13.0. The highest BCUT2D eigenvalue weighted by Crippen LogP contribution is 2.39. The normalized spacial score (nSPS) is 20.6. The molecule has 3 rings (SSSR count). The van der Waals surface area contributed by atoms with E-state index in [1.54, 1.807) is 4.90 Å². The van der Waals surface area contributed by atoms with Crippen molar-refractivity contribution in [1.29, 1.82) is 0 Å². The molecule has 0 aliphatic carbocycles. The van der Waals surface area contributed by atoms with Crippen LogP contribution in [0.1, 0.15) is 282 Å². The smallest absolute Gasteiger partial charge is 0.309 e. The fourth-order valence-electron chi connectivity index (χ4n) is 11.6. The van der Waals surface area contributed by atoms with E-state index >= 15 is 0 Å². The van der Waals surface area contributed by atoms with E-state index in [0.29, 0.717) is 13.0 Å². The summed E-state index contributed by atoms with van der Waals surface area (Å²) in [5.74, 6) is -0.925. The monoisotopic (exact) mass is 930 g/mol. The Balaban J connectivity index is 0.000000466. The van der Waals surface area contributed by atoms with Gasteiger partial charge in [-0.2, -0.15) is 5.06 Å². The number of carbonyl (C=O) groups is 4. The molecule has 3 fully saturated rings. The molecule has 0 saturated carbocycles. The highest BCUT2D eigenvalue weighted by Gasteiger charge is 2.49. The second-order valence-corrected chi connectivity index (χ2v) is 23.5. The molecule has 0 radical (unpaired) electrons. The third-order valence-corrected chi connectivity index (χ3v) is 14.4. The molecule has 1 unspecified atom stereocenters. The topological polar surface area (TPSA) is 120 Å². The van der Waals surface area contributed by atoms with Gasteiger partial charge in [-0.25, -0.2) is 0 Å². The van der Waals surface area contributed by atoms with Crippen molar-refractivity contribution in [2.75, 3.05) is 13.2 Å². The Kier molecular flexibility index (Phi) is 29.1. The van der Waals surface area contributed by atoms with Gasteiger partial charge in [0.25, 0.3) is 0 Å². The van der Waals surface area contributed by atoms with Gasteiger partial charge in [0.05, 0.1) is 6.61 Å². The molecule has 3 aliphatic heterocycles. The standard InChI is InChI=1S/C31H61N3O3.C25H46N2O2/c1-7-9-11-13-15-16-17-18-19-21-23-32-28(35)29(36)33-27-25-30(3,4)34(31(5,6)26-27)37-24-22-20-14-12-10-8-2;1-6-7-8-9-10-11-12-13-14-15-16-20-17-22(28)27(23(20)29)21-18-24(2,3)26-25(4,5)19-21/h27H,7-26H2,1-6H3,(H,32,35)(H,33,36);20-21,26H,6-19H2,1-5H3. The molecule has 3 heterocycles. The Morgan fingerprint density at radius 3 is 1.42 bits per heavy atom. The summed E-state index contributed by atoms with van der Waals surface area (Å²) in [6.45, 7) is 25.4. The summed E-state index contributed by atoms with van der Waals surface area (Å²) in [6.07, 6.45) is 37.6. The summed E-state index contributed by atoms with van der Waals surface area (Å²) in [5.41, 5.74) is -0.564. The van der Waals surface area contributed by atoms with Gasteiger partial charge in [0.15, 0.2) is 0 Å². The Labute approximate surface area is 407 Å². The lowest BCUT2D eigenvalue weighted by molar-refractivity contribution is -0.284. The minimum Gasteiger partial charge on any atom is -0.348 e. The Bertz CT molecular complexity index is 1330. The lowest BCUT2D eigenvalue weighted by Crippen LogP contribution is -2.64. The van der Waals surface area contributed by atoms with Crippen LogP contribution in [0.2, 0.25) is 0 Å². The number of piperidine rings is 2. The number of hydrogen-bond donors (Lipinski definition) is 3. The molecule has 10 nitrogen and oxygen atoms in total. The van der Waals surface area contributed by atoms with Crippen LogP contribution in [0, 0.1) is 5.92 Å². The molecular formula is C56H107N5O5. The maximum absolute atomic E-state index is 13.0. The summed E-state index contributed by atoms with van der Waals surface area (Å²) in [7, 11) is 0. The molecule has 0 aromatic rings. The number of nitrogens with zero attached hydrogens (tertiary/aromatic N) is 2. The van der Waals surface area contributed by atoms with Gasteiger partial charge in [0.1, 0.15) is 0 Å². The van der Waals surface area contributed by atoms with Crippen molar-refractivity contribution in [2.45, 2.75) is 316 Å². The summed E-state index contributed by atoms with van der Waals surface area (Å²) in [5, 5.41) is 11.6. The maximum Gasteiger partial charge on any atom is 0.309 e. The second kappa shape index (κ2) is 32.0. The zero-order valence-electron chi connectivity index (χ0n) is 45.2. The zero-order valence-corrected chi connectivity index (χ0v) is 45.2. The van der Waals surface area contributed by atoms with Gasteiger partial charge in [0.2, 0.25) is 11.8 Å². The van der Waals surface area contributed by atoms with Crippen LogP contribution in [0.15, 0.2) is 0 Å². The summed E-state index contributed by atoms with van der Waals surface area (Å²) < 4.78 is 0. The van der Waals surface area contributed by atoms with E-state index in [-0.39, 0.29) is 52.0 Å². The zero-order chi connectivity index (χ0) is 49.1. The van der Waals surface area contributed by atoms with Crippen LogP contribution in [0.25, 0.3) is 0 Å². The number of hydroxylamine groups is 2. The average molecular weight is 931 g/mol. The Hall–Kier alpha value is -2.04. The third-order valence-electron chi connectivity index (χ3n) is 14.4. The lowest BCUT2D eigenvalue weighted by Gasteiger charge is -2.53. The van der Waals surface area contributed by atoms with Crippen molar-refractivity contribution in [1.82, 2.24) is 25.9 Å². The number of imide groups is 1. The Morgan fingerprint density at radius 2 is 0.970 bits per heavy atom. The van der Waals surface area contributed by atoms with Crippen molar-refractivity contribution in [3.05, 3.63) is 0 Å². The quantitative estimate of drug-likeness (QED) is 0.0349. The lowest BCUT2D eigenvalue weighted by atomic mass is 9.79. The third kappa shape index (κ3) is 24.0. The SMILES string of the molecule is CCCCCCCCCCCCC1CC(=O)N(C2CC(C)(C)NC(C)(C)C2)C1=O.CCCCCCCCCCCCNC(=O)C(=O)NC1CC(C)(C)N(OCCCCCCCC)C(C)(C)C1. The fourth-order valence-corrected chi connectivity index (χ4v) is 11.6. The highest BCUT2D eigenvalue weighted by molar-refractivity contribution is 6.35. The van der Waals surface area contributed by atoms with Gasteiger partial charge in [-0.3, -0.25) is 28.9 Å². The van der Waals surface area contributed by atoms with Crippen LogP contribution in [-0.2, 0) is 24.0 Å². The molecule has 1 atom stereocenters. The molecular weight excluding hydrogens is 823 g/mol. The number of rotatable bonds is 32. The van der Waals surface area contributed by atoms with Gasteiger partial charge in [-0.1, -0.05) is 175 Å². The number of unbranched alkanes of at least 4 members (excludes halogenated alkanes) is 23. The van der Waals surface area contributed by atoms with Crippen molar-refractivity contribution < 1.29 is 24.0 Å². The molecule has 386 valence electrons. The van der Waals surface area contributed by atoms with E-state index in [0.717, 1.165) is 64.4 Å². The van der Waals surface area contributed by atoms with Gasteiger partial charge < -0.3 is 16.0 Å². The molecule has 0 spiro atoms. The van der Waals surface area contributed by atoms with Crippen LogP contribution >= 0.6 is 0 Å². The van der Waals surface area contributed by atoms with E-state index < -0.39 is 11.8 Å². The van der Waals surface area contributed by atoms with Crippen molar-refractivity contribution in [3.8, 4) is 0 Å². The van der Waals surface area contributed by atoms with E-state index in [9.17, 15) is 19.2 Å². The molecule has 3 aliphatic rings. The highest BCUT2D eigenvalue weighted by atomic mass is 16.7. The van der Waals surface area contributed by atoms with Crippen molar-refractivity contribution in [3.63, 3.8) is 0 Å². The minimum atomic E-state index is -0.509. The predicted octanol–water partition coefficient (Wildman–Crippen LogP) is 13.4. The van der Waals surface area contributed by atoms with E-state index in [1.165, 1.54) is 141 Å². The summed E-state index contributed by atoms with van der Waals surface area (Å²) in [6, 6.07) is -0.00608. The van der Waals surface area contributed by atoms with Crippen LogP contribution in [0.3, 0.4) is 0 Å². The number of hydrogen-bond acceptors (Lipinski definition) is 7. The average Bonchev–Trinajstić information content (AvgIpc) is 3.51. The number of nitrogens with one attached hydrogen (secondary N) is 3. The molecule has 66 heavy (non-hydrogen) atoms. The van der Waals surface area contributed by atoms with Crippen LogP contribution in [0.4, 0.5) is 0 Å². The second-order valence-electron chi connectivity index (χ2n) is 23.5. The number of carbonyl (C=O) groups excluding carboxylic acids is 4. The number of amides is 4. The van der Waals surface area contributed by atoms with E-state index in [2.05, 4.69) is 97.2 Å². The summed E-state index contributed by atoms with van der Waals surface area (Å²) in [4.78, 5) is 58.6. The van der Waals surface area contributed by atoms with Gasteiger partial charge in [0, 0.05) is 53.1 Å².